The van der Waals surface area contributed by atoms with E-state index in [1.165, 1.54) is 7.11 Å². The second-order valence-electron chi connectivity index (χ2n) is 3.03. The van der Waals surface area contributed by atoms with Gasteiger partial charge < -0.3 is 9.84 Å². The molecule has 1 unspecified atom stereocenters. The highest BCUT2D eigenvalue weighted by Crippen LogP contribution is 2.13. The third kappa shape index (κ3) is 2.19. The van der Waals surface area contributed by atoms with Crippen LogP contribution in [0.1, 0.15) is 13.8 Å². The summed E-state index contributed by atoms with van der Waals surface area (Å²) in [6.45, 7) is 4.46. The summed E-state index contributed by atoms with van der Waals surface area (Å²) in [7, 11) is 3.28. The Morgan fingerprint density at radius 3 is 2.42 bits per heavy atom. The zero-order valence-electron chi connectivity index (χ0n) is 8.13. The molecule has 1 atom stereocenters. The second-order valence-corrected chi connectivity index (χ2v) is 3.03. The van der Waals surface area contributed by atoms with Crippen molar-refractivity contribution in [1.29, 1.82) is 0 Å². The molecule has 0 radical (unpaired) electrons. The molecule has 0 bridgehead atoms. The Morgan fingerprint density at radius 2 is 2.17 bits per heavy atom. The van der Waals surface area contributed by atoms with Crippen molar-refractivity contribution in [2.24, 2.45) is 0 Å². The second kappa shape index (κ2) is 4.42. The molecule has 1 N–H and O–H groups in total. The normalized spacial score (nSPS) is 16.1. The van der Waals surface area contributed by atoms with Crippen LogP contribution in [0.4, 0.5) is 0 Å². The lowest BCUT2D eigenvalue weighted by molar-refractivity contribution is -0.152. The number of ether oxygens (including phenoxy) is 1. The first-order chi connectivity index (χ1) is 5.49. The maximum atomic E-state index is 10.9. The summed E-state index contributed by atoms with van der Waals surface area (Å²) in [5, 5.41) is 8.94. The quantitative estimate of drug-likeness (QED) is 0.658. The average molecular weight is 175 g/mol. The Bertz CT molecular complexity index is 160. The SMILES string of the molecule is CCN(C)C(C)(COC)C(=O)O. The molecule has 0 saturated carbocycles. The van der Waals surface area contributed by atoms with Gasteiger partial charge in [-0.15, -0.1) is 0 Å². The van der Waals surface area contributed by atoms with Crippen molar-refractivity contribution in [2.45, 2.75) is 19.4 Å². The molecule has 0 aliphatic carbocycles. The summed E-state index contributed by atoms with van der Waals surface area (Å²) in [4.78, 5) is 12.6. The fourth-order valence-electron chi connectivity index (χ4n) is 0.965. The van der Waals surface area contributed by atoms with Crippen molar-refractivity contribution in [3.63, 3.8) is 0 Å². The van der Waals surface area contributed by atoms with E-state index in [0.717, 1.165) is 0 Å². The maximum absolute atomic E-state index is 10.9. The van der Waals surface area contributed by atoms with Gasteiger partial charge in [0.05, 0.1) is 6.61 Å². The van der Waals surface area contributed by atoms with Gasteiger partial charge in [-0.05, 0) is 20.5 Å². The lowest BCUT2D eigenvalue weighted by Gasteiger charge is -2.33. The highest BCUT2D eigenvalue weighted by Gasteiger charge is 2.36. The summed E-state index contributed by atoms with van der Waals surface area (Å²) in [5.74, 6) is -0.853. The molecule has 0 aliphatic heterocycles. The number of hydrogen-bond acceptors (Lipinski definition) is 3. The van der Waals surface area contributed by atoms with Gasteiger partial charge in [0.15, 0.2) is 0 Å². The van der Waals surface area contributed by atoms with Crippen molar-refractivity contribution in [3.8, 4) is 0 Å². The summed E-state index contributed by atoms with van der Waals surface area (Å²) in [6.07, 6.45) is 0. The van der Waals surface area contributed by atoms with Gasteiger partial charge in [-0.3, -0.25) is 9.69 Å². The van der Waals surface area contributed by atoms with E-state index in [4.69, 9.17) is 9.84 Å². The molecule has 0 spiro atoms. The van der Waals surface area contributed by atoms with Crippen LogP contribution in [-0.4, -0.2) is 48.8 Å². The molecule has 4 nitrogen and oxygen atoms in total. The van der Waals surface area contributed by atoms with Gasteiger partial charge in [0.25, 0.3) is 0 Å². The molecule has 12 heavy (non-hydrogen) atoms. The number of hydrogen-bond donors (Lipinski definition) is 1. The van der Waals surface area contributed by atoms with Crippen LogP contribution in [-0.2, 0) is 9.53 Å². The summed E-state index contributed by atoms with van der Waals surface area (Å²) >= 11 is 0. The van der Waals surface area contributed by atoms with Crippen molar-refractivity contribution in [1.82, 2.24) is 4.90 Å². The number of aliphatic carboxylic acids is 1. The molecule has 0 aromatic rings. The van der Waals surface area contributed by atoms with Gasteiger partial charge in [-0.1, -0.05) is 6.92 Å². The molecule has 0 aliphatic rings. The molecule has 0 aromatic carbocycles. The van der Waals surface area contributed by atoms with Crippen LogP contribution in [0.25, 0.3) is 0 Å². The molecular formula is C8H17NO3. The van der Waals surface area contributed by atoms with Crippen molar-refractivity contribution in [3.05, 3.63) is 0 Å². The first kappa shape index (κ1) is 11.4. The zero-order chi connectivity index (χ0) is 9.78. The minimum Gasteiger partial charge on any atom is -0.480 e. The number of nitrogens with zero attached hydrogens (tertiary/aromatic N) is 1. The molecule has 0 fully saturated rings. The Kier molecular flexibility index (Phi) is 4.20. The minimum atomic E-state index is -0.913. The molecule has 4 heteroatoms. The summed E-state index contributed by atoms with van der Waals surface area (Å²) < 4.78 is 4.87. The van der Waals surface area contributed by atoms with E-state index in [9.17, 15) is 4.79 Å². The lowest BCUT2D eigenvalue weighted by Crippen LogP contribution is -2.53. The topological polar surface area (TPSA) is 49.8 Å². The highest BCUT2D eigenvalue weighted by molar-refractivity contribution is 5.78. The number of likely N-dealkylation sites (N-methyl/N-ethyl adjacent to an activating group) is 1. The lowest BCUT2D eigenvalue weighted by atomic mass is 10.0. The Balaban J connectivity index is 4.48. The van der Waals surface area contributed by atoms with Crippen LogP contribution in [0.5, 0.6) is 0 Å². The minimum absolute atomic E-state index is 0.201. The Morgan fingerprint density at radius 1 is 1.67 bits per heavy atom. The van der Waals surface area contributed by atoms with E-state index in [-0.39, 0.29) is 6.61 Å². The van der Waals surface area contributed by atoms with E-state index in [1.54, 1.807) is 18.9 Å². The summed E-state index contributed by atoms with van der Waals surface area (Å²) in [6, 6.07) is 0. The van der Waals surface area contributed by atoms with Crippen molar-refractivity contribution in [2.75, 3.05) is 27.3 Å². The van der Waals surface area contributed by atoms with Crippen LogP contribution in [0.15, 0.2) is 0 Å². The molecule has 0 aromatic heterocycles. The predicted octanol–water partition coefficient (Wildman–Crippen LogP) is 0.428. The van der Waals surface area contributed by atoms with E-state index in [2.05, 4.69) is 0 Å². The van der Waals surface area contributed by atoms with Crippen molar-refractivity contribution >= 4 is 5.97 Å². The van der Waals surface area contributed by atoms with Crippen LogP contribution in [0, 0.1) is 0 Å². The molecule has 0 amide bonds. The van der Waals surface area contributed by atoms with Crippen LogP contribution in [0.2, 0.25) is 0 Å². The van der Waals surface area contributed by atoms with Gasteiger partial charge in [-0.25, -0.2) is 0 Å². The van der Waals surface area contributed by atoms with E-state index >= 15 is 0 Å². The van der Waals surface area contributed by atoms with E-state index in [1.807, 2.05) is 6.92 Å². The molecule has 0 heterocycles. The predicted molar refractivity (Wildman–Crippen MR) is 46.2 cm³/mol. The fraction of sp³-hybridized carbons (Fsp3) is 0.875. The molecular weight excluding hydrogens is 158 g/mol. The molecule has 0 saturated heterocycles. The third-order valence-electron chi connectivity index (χ3n) is 2.20. The number of rotatable bonds is 5. The van der Waals surface area contributed by atoms with Gasteiger partial charge >= 0.3 is 5.97 Å². The fourth-order valence-corrected chi connectivity index (χ4v) is 0.965. The largest absolute Gasteiger partial charge is 0.480 e. The first-order valence-electron chi connectivity index (χ1n) is 3.92. The first-order valence-corrected chi connectivity index (χ1v) is 3.92. The number of carboxylic acids is 1. The van der Waals surface area contributed by atoms with E-state index < -0.39 is 11.5 Å². The van der Waals surface area contributed by atoms with Gasteiger partial charge in [0.1, 0.15) is 5.54 Å². The Labute approximate surface area is 73.1 Å². The standard InChI is InChI=1S/C8H17NO3/c1-5-9(3)8(2,6-12-4)7(10)11/h5-6H2,1-4H3,(H,10,11). The highest BCUT2D eigenvalue weighted by atomic mass is 16.5. The maximum Gasteiger partial charge on any atom is 0.326 e. The van der Waals surface area contributed by atoms with Crippen LogP contribution in [0.3, 0.4) is 0 Å². The third-order valence-corrected chi connectivity index (χ3v) is 2.20. The molecule has 72 valence electrons. The molecule has 0 rings (SSSR count). The van der Waals surface area contributed by atoms with Crippen molar-refractivity contribution < 1.29 is 14.6 Å². The van der Waals surface area contributed by atoms with Crippen LogP contribution >= 0.6 is 0 Å². The van der Waals surface area contributed by atoms with E-state index in [0.29, 0.717) is 6.54 Å². The summed E-state index contributed by atoms with van der Waals surface area (Å²) in [5.41, 5.74) is -0.913. The van der Waals surface area contributed by atoms with Gasteiger partial charge in [-0.2, -0.15) is 0 Å². The number of methoxy groups -OCH3 is 1. The number of carbonyl (C=O) groups is 1. The monoisotopic (exact) mass is 175 g/mol. The Hall–Kier alpha value is -0.610. The van der Waals surface area contributed by atoms with Gasteiger partial charge in [0, 0.05) is 7.11 Å². The van der Waals surface area contributed by atoms with Crippen LogP contribution < -0.4 is 0 Å². The number of carboxylic acid groups (broad SMARTS) is 1. The zero-order valence-corrected chi connectivity index (χ0v) is 8.13. The van der Waals surface area contributed by atoms with Gasteiger partial charge in [0.2, 0.25) is 0 Å². The average Bonchev–Trinajstić information content (AvgIpc) is 2.03. The smallest absolute Gasteiger partial charge is 0.326 e.